The molecule has 1 unspecified atom stereocenters. The zero-order valence-corrected chi connectivity index (χ0v) is 8.62. The van der Waals surface area contributed by atoms with Gasteiger partial charge in [0.2, 0.25) is 0 Å². The van der Waals surface area contributed by atoms with Gasteiger partial charge in [-0.1, -0.05) is 13.0 Å². The lowest BCUT2D eigenvalue weighted by Gasteiger charge is -2.35. The van der Waals surface area contributed by atoms with E-state index in [2.05, 4.69) is 0 Å². The van der Waals surface area contributed by atoms with Gasteiger partial charge in [0.05, 0.1) is 6.54 Å². The fourth-order valence-electron chi connectivity index (χ4n) is 1.82. The Hall–Kier alpha value is -0.970. The Balaban J connectivity index is 2.62. The molecule has 1 aliphatic heterocycles. The van der Waals surface area contributed by atoms with Gasteiger partial charge in [0, 0.05) is 19.0 Å². The van der Waals surface area contributed by atoms with E-state index in [0.717, 1.165) is 6.08 Å². The van der Waals surface area contributed by atoms with E-state index in [-0.39, 0.29) is 18.9 Å². The molecular formula is C10H15F2NO2. The van der Waals surface area contributed by atoms with E-state index >= 15 is 0 Å². The number of hydrogen-bond acceptors (Lipinski definition) is 2. The van der Waals surface area contributed by atoms with Crippen LogP contribution in [0.25, 0.3) is 0 Å². The minimum atomic E-state index is -2.71. The maximum Gasteiger partial charge on any atom is 0.327 e. The molecule has 1 saturated heterocycles. The third kappa shape index (κ3) is 3.95. The van der Waals surface area contributed by atoms with Crippen LogP contribution in [-0.4, -0.2) is 41.5 Å². The standard InChI is InChI=1S/C10H15F2NO2/c1-2-13-6-8(3-4-9(14)15)5-10(11,12)7-13/h3-4,8H,2,5-7H2,1H3,(H,14,15)/b4-3+. The van der Waals surface area contributed by atoms with Gasteiger partial charge >= 0.3 is 5.97 Å². The van der Waals surface area contributed by atoms with E-state index in [0.29, 0.717) is 13.1 Å². The highest BCUT2D eigenvalue weighted by atomic mass is 19.3. The number of piperidine rings is 1. The maximum absolute atomic E-state index is 13.2. The van der Waals surface area contributed by atoms with Crippen molar-refractivity contribution in [3.63, 3.8) is 0 Å². The van der Waals surface area contributed by atoms with E-state index in [9.17, 15) is 13.6 Å². The van der Waals surface area contributed by atoms with Gasteiger partial charge in [-0.05, 0) is 12.5 Å². The Morgan fingerprint density at radius 1 is 1.67 bits per heavy atom. The molecule has 1 fully saturated rings. The highest BCUT2D eigenvalue weighted by molar-refractivity contribution is 5.79. The van der Waals surface area contributed by atoms with Crippen LogP contribution in [0, 0.1) is 5.92 Å². The van der Waals surface area contributed by atoms with Crippen molar-refractivity contribution in [1.29, 1.82) is 0 Å². The van der Waals surface area contributed by atoms with E-state index in [1.807, 2.05) is 6.92 Å². The van der Waals surface area contributed by atoms with Gasteiger partial charge in [-0.15, -0.1) is 0 Å². The normalized spacial score (nSPS) is 27.0. The van der Waals surface area contributed by atoms with E-state index < -0.39 is 11.9 Å². The summed E-state index contributed by atoms with van der Waals surface area (Å²) in [6, 6.07) is 0. The van der Waals surface area contributed by atoms with Crippen molar-refractivity contribution in [3.8, 4) is 0 Å². The first-order valence-electron chi connectivity index (χ1n) is 4.94. The van der Waals surface area contributed by atoms with Crippen molar-refractivity contribution in [1.82, 2.24) is 4.90 Å². The Kier molecular flexibility index (Phi) is 3.79. The highest BCUT2D eigenvalue weighted by Crippen LogP contribution is 2.30. The van der Waals surface area contributed by atoms with Crippen molar-refractivity contribution in [2.45, 2.75) is 19.3 Å². The first kappa shape index (κ1) is 12.1. The van der Waals surface area contributed by atoms with Crippen LogP contribution in [0.15, 0.2) is 12.2 Å². The molecule has 0 radical (unpaired) electrons. The third-order valence-corrected chi connectivity index (χ3v) is 2.47. The third-order valence-electron chi connectivity index (χ3n) is 2.47. The molecule has 0 aliphatic carbocycles. The fraction of sp³-hybridized carbons (Fsp3) is 0.700. The molecule has 1 atom stereocenters. The van der Waals surface area contributed by atoms with Gasteiger partial charge in [-0.25, -0.2) is 13.6 Å². The molecule has 0 spiro atoms. The van der Waals surface area contributed by atoms with Gasteiger partial charge < -0.3 is 5.11 Å². The summed E-state index contributed by atoms with van der Waals surface area (Å²) in [5.41, 5.74) is 0. The van der Waals surface area contributed by atoms with Crippen LogP contribution in [0.5, 0.6) is 0 Å². The number of carbonyl (C=O) groups is 1. The number of halogens is 2. The van der Waals surface area contributed by atoms with Crippen LogP contribution in [0.4, 0.5) is 8.78 Å². The van der Waals surface area contributed by atoms with Crippen molar-refractivity contribution >= 4 is 5.97 Å². The second kappa shape index (κ2) is 4.70. The summed E-state index contributed by atoms with van der Waals surface area (Å²) in [5, 5.41) is 8.41. The van der Waals surface area contributed by atoms with Crippen LogP contribution in [0.2, 0.25) is 0 Å². The molecule has 3 nitrogen and oxygen atoms in total. The van der Waals surface area contributed by atoms with Crippen molar-refractivity contribution in [2.24, 2.45) is 5.92 Å². The number of nitrogens with zero attached hydrogens (tertiary/aromatic N) is 1. The monoisotopic (exact) mass is 219 g/mol. The Bertz CT molecular complexity index is 266. The van der Waals surface area contributed by atoms with Crippen LogP contribution in [0.3, 0.4) is 0 Å². The van der Waals surface area contributed by atoms with Crippen LogP contribution >= 0.6 is 0 Å². The summed E-state index contributed by atoms with van der Waals surface area (Å²) in [6.07, 6.45) is 2.05. The predicted molar refractivity (Wildman–Crippen MR) is 51.9 cm³/mol. The predicted octanol–water partition coefficient (Wildman–Crippen LogP) is 1.60. The second-order valence-corrected chi connectivity index (χ2v) is 3.85. The number of hydrogen-bond donors (Lipinski definition) is 1. The molecule has 1 N–H and O–H groups in total. The Morgan fingerprint density at radius 2 is 2.33 bits per heavy atom. The fourth-order valence-corrected chi connectivity index (χ4v) is 1.82. The first-order chi connectivity index (χ1) is 6.93. The lowest BCUT2D eigenvalue weighted by atomic mass is 9.95. The number of likely N-dealkylation sites (tertiary alicyclic amines) is 1. The largest absolute Gasteiger partial charge is 0.478 e. The quantitative estimate of drug-likeness (QED) is 0.733. The Morgan fingerprint density at radius 3 is 2.87 bits per heavy atom. The first-order valence-corrected chi connectivity index (χ1v) is 4.94. The van der Waals surface area contributed by atoms with Gasteiger partial charge in [0.1, 0.15) is 0 Å². The number of rotatable bonds is 3. The second-order valence-electron chi connectivity index (χ2n) is 3.85. The van der Waals surface area contributed by atoms with E-state index in [1.165, 1.54) is 6.08 Å². The lowest BCUT2D eigenvalue weighted by molar-refractivity contribution is -0.131. The summed E-state index contributed by atoms with van der Waals surface area (Å²) in [6.45, 7) is 2.67. The van der Waals surface area contributed by atoms with Gasteiger partial charge in [0.15, 0.2) is 0 Å². The lowest BCUT2D eigenvalue weighted by Crippen LogP contribution is -2.46. The van der Waals surface area contributed by atoms with Crippen molar-refractivity contribution in [2.75, 3.05) is 19.6 Å². The van der Waals surface area contributed by atoms with Crippen molar-refractivity contribution in [3.05, 3.63) is 12.2 Å². The van der Waals surface area contributed by atoms with Crippen molar-refractivity contribution < 1.29 is 18.7 Å². The molecule has 0 aromatic rings. The molecule has 0 aromatic carbocycles. The zero-order valence-electron chi connectivity index (χ0n) is 8.62. The topological polar surface area (TPSA) is 40.5 Å². The van der Waals surface area contributed by atoms with E-state index in [4.69, 9.17) is 5.11 Å². The molecule has 0 bridgehead atoms. The molecule has 0 aromatic heterocycles. The summed E-state index contributed by atoms with van der Waals surface area (Å²) in [4.78, 5) is 11.9. The summed E-state index contributed by atoms with van der Waals surface area (Å²) >= 11 is 0. The maximum atomic E-state index is 13.2. The SMILES string of the molecule is CCN1CC(/C=C/C(=O)O)CC(F)(F)C1. The zero-order chi connectivity index (χ0) is 11.5. The van der Waals surface area contributed by atoms with E-state index in [1.54, 1.807) is 4.90 Å². The van der Waals surface area contributed by atoms with Gasteiger partial charge in [0.25, 0.3) is 5.92 Å². The number of carboxylic acids is 1. The van der Waals surface area contributed by atoms with Crippen LogP contribution < -0.4 is 0 Å². The number of alkyl halides is 2. The summed E-state index contributed by atoms with van der Waals surface area (Å²) in [7, 11) is 0. The summed E-state index contributed by atoms with van der Waals surface area (Å²) < 4.78 is 26.4. The molecule has 1 aliphatic rings. The molecule has 0 saturated carbocycles. The average Bonchev–Trinajstić information content (AvgIpc) is 2.12. The van der Waals surface area contributed by atoms with Gasteiger partial charge in [-0.3, -0.25) is 4.90 Å². The molecule has 15 heavy (non-hydrogen) atoms. The summed E-state index contributed by atoms with van der Waals surface area (Å²) in [5.74, 6) is -4.17. The minimum absolute atomic E-state index is 0.221. The minimum Gasteiger partial charge on any atom is -0.478 e. The van der Waals surface area contributed by atoms with Crippen LogP contribution in [-0.2, 0) is 4.79 Å². The highest BCUT2D eigenvalue weighted by Gasteiger charge is 2.38. The molecule has 0 amide bonds. The molecular weight excluding hydrogens is 204 g/mol. The Labute approximate surface area is 87.4 Å². The molecule has 1 rings (SSSR count). The number of aliphatic carboxylic acids is 1. The molecule has 1 heterocycles. The molecule has 86 valence electrons. The average molecular weight is 219 g/mol. The molecule has 5 heteroatoms. The van der Waals surface area contributed by atoms with Gasteiger partial charge in [-0.2, -0.15) is 0 Å². The van der Waals surface area contributed by atoms with Crippen LogP contribution in [0.1, 0.15) is 13.3 Å². The smallest absolute Gasteiger partial charge is 0.327 e. The number of carboxylic acid groups (broad SMARTS) is 1.